The van der Waals surface area contributed by atoms with Crippen molar-refractivity contribution in [3.05, 3.63) is 60.8 Å². The van der Waals surface area contributed by atoms with E-state index in [0.717, 1.165) is 57.8 Å². The Hall–Kier alpha value is -1.80. The number of carbonyl (C=O) groups is 1. The molecule has 2 unspecified atom stereocenters. The zero-order chi connectivity index (χ0) is 46.9. The van der Waals surface area contributed by atoms with Crippen molar-refractivity contribution >= 4 is 13.8 Å². The molecule has 2 atom stereocenters. The van der Waals surface area contributed by atoms with E-state index in [1.807, 2.05) is 21.1 Å². The van der Waals surface area contributed by atoms with Crippen LogP contribution in [0.1, 0.15) is 226 Å². The summed E-state index contributed by atoms with van der Waals surface area (Å²) in [5.74, 6) is -0.319. The molecule has 0 bridgehead atoms. The number of phosphoric ester groups is 1. The second kappa shape index (κ2) is 47.7. The van der Waals surface area contributed by atoms with Gasteiger partial charge < -0.3 is 18.9 Å². The minimum absolute atomic E-state index is 0.0855. The lowest BCUT2D eigenvalue weighted by molar-refractivity contribution is -0.870. The Labute approximate surface area is 396 Å². The fourth-order valence-corrected chi connectivity index (χ4v) is 7.99. The average molecular weight is 921 g/mol. The van der Waals surface area contributed by atoms with Crippen LogP contribution in [0.15, 0.2) is 60.8 Å². The number of likely N-dealkylation sites (N-methyl/N-ethyl adjacent to an activating group) is 1. The second-order valence-corrected chi connectivity index (χ2v) is 20.3. The average Bonchev–Trinajstić information content (AvgIpc) is 3.25. The first-order chi connectivity index (χ1) is 31.1. The first-order valence-corrected chi connectivity index (χ1v) is 28.0. The maximum absolute atomic E-state index is 12.8. The summed E-state index contributed by atoms with van der Waals surface area (Å²) in [7, 11) is 1.66. The van der Waals surface area contributed by atoms with Crippen molar-refractivity contribution in [3.63, 3.8) is 0 Å². The first-order valence-electron chi connectivity index (χ1n) is 26.5. The van der Waals surface area contributed by atoms with Crippen LogP contribution in [-0.2, 0) is 27.9 Å². The van der Waals surface area contributed by atoms with Gasteiger partial charge in [0, 0.05) is 13.0 Å². The number of unbranched alkanes of at least 4 members (excludes halogenated alkanes) is 25. The molecule has 0 heterocycles. The molecule has 0 radical (unpaired) electrons. The number of nitrogens with zero attached hydrogens (tertiary/aromatic N) is 1. The van der Waals surface area contributed by atoms with Crippen LogP contribution < -0.4 is 0 Å². The fourth-order valence-electron chi connectivity index (χ4n) is 7.25. The molecule has 0 spiro atoms. The molecule has 0 fully saturated rings. The van der Waals surface area contributed by atoms with Gasteiger partial charge in [-0.25, -0.2) is 4.57 Å². The van der Waals surface area contributed by atoms with Crippen molar-refractivity contribution in [3.8, 4) is 0 Å². The summed E-state index contributed by atoms with van der Waals surface area (Å²) < 4.78 is 35.2. The third-order valence-electron chi connectivity index (χ3n) is 11.3. The van der Waals surface area contributed by atoms with Gasteiger partial charge in [-0.2, -0.15) is 0 Å². The quantitative estimate of drug-likeness (QED) is 0.0214. The maximum Gasteiger partial charge on any atom is 0.472 e. The molecule has 0 amide bonds. The highest BCUT2D eigenvalue weighted by molar-refractivity contribution is 7.47. The molecule has 0 rings (SSSR count). The van der Waals surface area contributed by atoms with Crippen LogP contribution >= 0.6 is 7.82 Å². The molecular weight excluding hydrogens is 818 g/mol. The van der Waals surface area contributed by atoms with Crippen LogP contribution in [0, 0.1) is 0 Å². The van der Waals surface area contributed by atoms with Crippen LogP contribution in [-0.4, -0.2) is 75.6 Å². The van der Waals surface area contributed by atoms with Gasteiger partial charge >= 0.3 is 13.8 Å². The summed E-state index contributed by atoms with van der Waals surface area (Å²) in [6, 6.07) is 0. The number of phosphoric acid groups is 1. The lowest BCUT2D eigenvalue weighted by Gasteiger charge is -2.24. The monoisotopic (exact) mass is 921 g/mol. The van der Waals surface area contributed by atoms with Crippen molar-refractivity contribution in [2.24, 2.45) is 0 Å². The Balaban J connectivity index is 4.14. The number of hydrogen-bond donors (Lipinski definition) is 1. The third-order valence-corrected chi connectivity index (χ3v) is 12.3. The summed E-state index contributed by atoms with van der Waals surface area (Å²) in [4.78, 5) is 23.0. The Morgan fingerprint density at radius 2 is 0.906 bits per heavy atom. The third kappa shape index (κ3) is 51.2. The highest BCUT2D eigenvalue weighted by Crippen LogP contribution is 2.43. The normalized spacial score (nSPS) is 14.0. The van der Waals surface area contributed by atoms with Gasteiger partial charge in [0.15, 0.2) is 0 Å². The molecule has 1 N–H and O–H groups in total. The number of quaternary nitrogens is 1. The van der Waals surface area contributed by atoms with E-state index in [-0.39, 0.29) is 25.8 Å². The Morgan fingerprint density at radius 3 is 1.38 bits per heavy atom. The largest absolute Gasteiger partial charge is 0.472 e. The molecule has 0 aliphatic carbocycles. The number of allylic oxidation sites excluding steroid dienone is 10. The van der Waals surface area contributed by atoms with Crippen LogP contribution in [0.25, 0.3) is 0 Å². The van der Waals surface area contributed by atoms with E-state index in [0.29, 0.717) is 24.1 Å². The molecule has 8 nitrogen and oxygen atoms in total. The highest BCUT2D eigenvalue weighted by Gasteiger charge is 2.26. The summed E-state index contributed by atoms with van der Waals surface area (Å²) >= 11 is 0. The molecule has 0 saturated heterocycles. The predicted octanol–water partition coefficient (Wildman–Crippen LogP) is 16.4. The highest BCUT2D eigenvalue weighted by atomic mass is 31.2. The predicted molar refractivity (Wildman–Crippen MR) is 275 cm³/mol. The topological polar surface area (TPSA) is 91.3 Å². The van der Waals surface area contributed by atoms with Crippen molar-refractivity contribution in [2.45, 2.75) is 232 Å². The van der Waals surface area contributed by atoms with E-state index < -0.39 is 13.9 Å². The fraction of sp³-hybridized carbons (Fsp3) is 0.800. The maximum atomic E-state index is 12.8. The van der Waals surface area contributed by atoms with Crippen LogP contribution in [0.5, 0.6) is 0 Å². The molecular formula is C55H103NO7P+. The van der Waals surface area contributed by atoms with E-state index in [1.165, 1.54) is 148 Å². The Kier molecular flexibility index (Phi) is 46.3. The van der Waals surface area contributed by atoms with Crippen molar-refractivity contribution < 1.29 is 37.3 Å². The standard InChI is InChI=1S/C55H102NO7P/c1-6-8-10-12-14-16-18-20-22-24-26-27-28-29-30-32-34-36-38-40-42-44-46-48-55(57)63-54(53-62-64(58,59)61-51-49-56(3,4)5)52-60-50-47-45-43-41-39-37-35-33-31-25-23-21-19-17-15-13-11-9-7-2/h8,10,14,16,20,22-23,25-27,54H,6-7,9,11-13,15,17-19,21,24,28-53H2,1-5H3/p+1/b10-8-,16-14-,22-20-,25-23-,27-26-. The summed E-state index contributed by atoms with van der Waals surface area (Å²) in [6.07, 6.45) is 61.2. The smallest absolute Gasteiger partial charge is 0.457 e. The number of rotatable bonds is 49. The van der Waals surface area contributed by atoms with Gasteiger partial charge in [0.05, 0.1) is 34.4 Å². The molecule has 0 aromatic heterocycles. The molecule has 0 aliphatic heterocycles. The van der Waals surface area contributed by atoms with E-state index in [4.69, 9.17) is 18.5 Å². The molecule has 9 heteroatoms. The van der Waals surface area contributed by atoms with E-state index in [9.17, 15) is 14.3 Å². The number of carbonyl (C=O) groups excluding carboxylic acids is 1. The summed E-state index contributed by atoms with van der Waals surface area (Å²) in [6.45, 7) is 5.52. The van der Waals surface area contributed by atoms with Crippen LogP contribution in [0.4, 0.5) is 0 Å². The van der Waals surface area contributed by atoms with Gasteiger partial charge in [-0.05, 0) is 77.0 Å². The zero-order valence-electron chi connectivity index (χ0n) is 42.5. The van der Waals surface area contributed by atoms with Crippen molar-refractivity contribution in [1.82, 2.24) is 0 Å². The van der Waals surface area contributed by atoms with Gasteiger partial charge in [0.1, 0.15) is 19.3 Å². The Morgan fingerprint density at radius 1 is 0.500 bits per heavy atom. The summed E-state index contributed by atoms with van der Waals surface area (Å²) in [5, 5.41) is 0. The second-order valence-electron chi connectivity index (χ2n) is 18.9. The minimum atomic E-state index is -4.29. The Bertz CT molecular complexity index is 1210. The first kappa shape index (κ1) is 62.2. The van der Waals surface area contributed by atoms with Gasteiger partial charge in [-0.1, -0.05) is 203 Å². The van der Waals surface area contributed by atoms with E-state index >= 15 is 0 Å². The SMILES string of the molecule is CC/C=C\C/C=C\C/C=C\C/C=C\CCCCCCCCCCCCC(=O)OC(COCCCCCCCCCC/C=C\CCCCCCCCC)COP(=O)(O)OCC[N+](C)(C)C. The lowest BCUT2D eigenvalue weighted by Crippen LogP contribution is -2.37. The van der Waals surface area contributed by atoms with Crippen LogP contribution in [0.2, 0.25) is 0 Å². The van der Waals surface area contributed by atoms with Crippen molar-refractivity contribution in [1.29, 1.82) is 0 Å². The summed E-state index contributed by atoms with van der Waals surface area (Å²) in [5.41, 5.74) is 0. The molecule has 0 aromatic rings. The van der Waals surface area contributed by atoms with Gasteiger partial charge in [0.25, 0.3) is 0 Å². The number of ether oxygens (including phenoxy) is 2. The minimum Gasteiger partial charge on any atom is -0.457 e. The van der Waals surface area contributed by atoms with Gasteiger partial charge in [-0.15, -0.1) is 0 Å². The molecule has 0 aliphatic rings. The lowest BCUT2D eigenvalue weighted by atomic mass is 10.0. The number of hydrogen-bond acceptors (Lipinski definition) is 6. The molecule has 64 heavy (non-hydrogen) atoms. The van der Waals surface area contributed by atoms with Crippen molar-refractivity contribution in [2.75, 3.05) is 54.1 Å². The van der Waals surface area contributed by atoms with Crippen LogP contribution in [0.3, 0.4) is 0 Å². The molecule has 0 saturated carbocycles. The zero-order valence-corrected chi connectivity index (χ0v) is 43.4. The van der Waals surface area contributed by atoms with Gasteiger partial charge in [0.2, 0.25) is 0 Å². The van der Waals surface area contributed by atoms with Gasteiger partial charge in [-0.3, -0.25) is 13.8 Å². The number of esters is 1. The van der Waals surface area contributed by atoms with E-state index in [1.54, 1.807) is 0 Å². The van der Waals surface area contributed by atoms with E-state index in [2.05, 4.69) is 74.6 Å². The molecule has 374 valence electrons. The molecule has 0 aromatic carbocycles.